The Morgan fingerprint density at radius 2 is 1.52 bits per heavy atom. The first-order valence-electron chi connectivity index (χ1n) is 27.4. The quantitative estimate of drug-likeness (QED) is 0.0810. The normalized spacial score (nSPS) is 38.4. The third-order valence-electron chi connectivity index (χ3n) is 16.2. The fraction of sp³-hybridized carbons (Fsp3) is 0.772. The van der Waals surface area contributed by atoms with Crippen LogP contribution in [0.15, 0.2) is 47.6 Å². The minimum atomic E-state index is -2.61. The average Bonchev–Trinajstić information content (AvgIpc) is 3.39. The third-order valence-corrected chi connectivity index (χ3v) is 16.2. The molecule has 3 aliphatic heterocycles. The highest BCUT2D eigenvalue weighted by Gasteiger charge is 2.53. The van der Waals surface area contributed by atoms with Crippen LogP contribution in [-0.2, 0) is 47.7 Å². The van der Waals surface area contributed by atoms with Crippen molar-refractivity contribution >= 4 is 29.2 Å². The first kappa shape index (κ1) is 64.0. The van der Waals surface area contributed by atoms with Crippen molar-refractivity contribution in [1.82, 2.24) is 4.90 Å². The minimum absolute atomic E-state index is 0.00699. The van der Waals surface area contributed by atoms with Crippen molar-refractivity contribution < 1.29 is 83.4 Å². The third kappa shape index (κ3) is 17.5. The number of methoxy groups -OCH3 is 2. The van der Waals surface area contributed by atoms with Crippen LogP contribution in [0.1, 0.15) is 139 Å². The number of aliphatic hydroxyl groups is 7. The van der Waals surface area contributed by atoms with Crippen LogP contribution in [0.2, 0.25) is 0 Å². The monoisotopic (exact) mass is 1060 g/mol. The molecule has 0 aromatic rings. The van der Waals surface area contributed by atoms with Crippen molar-refractivity contribution in [1.29, 1.82) is 0 Å². The molecule has 4 aliphatic rings. The fourth-order valence-corrected chi connectivity index (χ4v) is 11.0. The number of carbonyl (C=O) groups excluding carboxylic acids is 5. The van der Waals surface area contributed by atoms with Crippen LogP contribution in [-0.4, -0.2) is 176 Å². The van der Waals surface area contributed by atoms with Crippen molar-refractivity contribution in [2.45, 2.75) is 218 Å². The molecule has 19 atom stereocenters. The first-order chi connectivity index (χ1) is 35.4. The molecule has 4 rings (SSSR count). The number of aliphatic hydroxyl groups excluding tert-OH is 6. The van der Waals surface area contributed by atoms with Crippen LogP contribution in [0.25, 0.3) is 0 Å². The second-order valence-electron chi connectivity index (χ2n) is 22.2. The lowest BCUT2D eigenvalue weighted by atomic mass is 9.78. The van der Waals surface area contributed by atoms with Gasteiger partial charge in [0.05, 0.1) is 37.1 Å². The maximum atomic E-state index is 14.5. The van der Waals surface area contributed by atoms with Gasteiger partial charge in [0.1, 0.15) is 48.4 Å². The standard InChI is InChI=1S/C57H91NO17/c1-11-42(59)51(65)52(66)45(62)31-73-46-29-40-22-20-38(8)57(70,75-40)54(67)55(68)58-24-16-15-19-41(58)56(69)74-47(35(5)27-39-21-23-43(60)48(28-39)71-9)30-44(61)34(4)26-37(7)50(64)53(72-10)49(63)36(6)25-32(2)17-13-12-14-18-33(46)3/h12-14,17-18,26,32,34-36,38-43,45-48,50-53,59-60,62,64-66,70H,11,15-16,19-25,27-31H2,1-10H3/b14-12+,17-13+,33-18+,37-26+/t32-,34-,35-,36-,38-,39+,40+,41+,42?,43-,45?,46-,47+,48-,50-,51?,52?,53+,57-/m1/s1. The van der Waals surface area contributed by atoms with E-state index in [1.54, 1.807) is 73.0 Å². The second-order valence-corrected chi connectivity index (χ2v) is 22.2. The van der Waals surface area contributed by atoms with Crippen LogP contribution in [0.3, 0.4) is 0 Å². The molecule has 1 saturated carbocycles. The molecule has 2 saturated heterocycles. The second kappa shape index (κ2) is 30.0. The number of cyclic esters (lactones) is 1. The summed E-state index contributed by atoms with van der Waals surface area (Å²) in [7, 11) is 2.89. The lowest BCUT2D eigenvalue weighted by Crippen LogP contribution is -2.61. The Morgan fingerprint density at radius 1 is 0.827 bits per heavy atom. The van der Waals surface area contributed by atoms with Gasteiger partial charge in [-0.15, -0.1) is 0 Å². The summed E-state index contributed by atoms with van der Waals surface area (Å²) in [6.45, 7) is 13.4. The number of hydrogen-bond donors (Lipinski definition) is 7. The summed E-state index contributed by atoms with van der Waals surface area (Å²) in [5.74, 6) is -8.98. The summed E-state index contributed by atoms with van der Waals surface area (Å²) in [6.07, 6.45) is 2.33. The summed E-state index contributed by atoms with van der Waals surface area (Å²) < 4.78 is 29.8. The molecule has 4 unspecified atom stereocenters. The van der Waals surface area contributed by atoms with E-state index in [4.69, 9.17) is 23.7 Å². The Balaban J connectivity index is 1.73. The molecule has 3 heterocycles. The van der Waals surface area contributed by atoms with Crippen molar-refractivity contribution in [2.75, 3.05) is 27.4 Å². The highest BCUT2D eigenvalue weighted by atomic mass is 16.6. The van der Waals surface area contributed by atoms with Gasteiger partial charge in [-0.25, -0.2) is 4.79 Å². The number of ether oxygens (including phenoxy) is 5. The Kier molecular flexibility index (Phi) is 25.6. The van der Waals surface area contributed by atoms with Crippen molar-refractivity contribution in [3.63, 3.8) is 0 Å². The number of hydrogen-bond acceptors (Lipinski definition) is 17. The number of allylic oxidation sites excluding steroid dienone is 6. The maximum Gasteiger partial charge on any atom is 0.329 e. The zero-order valence-corrected chi connectivity index (χ0v) is 46.1. The molecule has 75 heavy (non-hydrogen) atoms. The topological polar surface area (TPSA) is 276 Å². The highest BCUT2D eigenvalue weighted by molar-refractivity contribution is 6.39. The van der Waals surface area contributed by atoms with Crippen molar-refractivity contribution in [3.8, 4) is 0 Å². The molecule has 0 aromatic heterocycles. The molecule has 1 amide bonds. The molecule has 3 fully saturated rings. The number of esters is 1. The van der Waals surface area contributed by atoms with E-state index in [0.29, 0.717) is 62.5 Å². The van der Waals surface area contributed by atoms with Gasteiger partial charge in [-0.3, -0.25) is 19.2 Å². The molecule has 426 valence electrons. The summed E-state index contributed by atoms with van der Waals surface area (Å²) >= 11 is 0. The van der Waals surface area contributed by atoms with Gasteiger partial charge in [0.25, 0.3) is 11.7 Å². The largest absolute Gasteiger partial charge is 0.460 e. The molecular weight excluding hydrogens is 971 g/mol. The van der Waals surface area contributed by atoms with Crippen LogP contribution < -0.4 is 0 Å². The number of nitrogens with zero attached hydrogens (tertiary/aromatic N) is 1. The van der Waals surface area contributed by atoms with Crippen molar-refractivity contribution in [2.24, 2.45) is 35.5 Å². The van der Waals surface area contributed by atoms with E-state index in [9.17, 15) is 59.7 Å². The molecular formula is C57H91NO17. The van der Waals surface area contributed by atoms with E-state index in [0.717, 1.165) is 4.90 Å². The Labute approximate surface area is 444 Å². The molecule has 0 radical (unpaired) electrons. The van der Waals surface area contributed by atoms with Crippen molar-refractivity contribution in [3.05, 3.63) is 47.6 Å². The maximum absolute atomic E-state index is 14.5. The Hall–Kier alpha value is -3.53. The van der Waals surface area contributed by atoms with Crippen LogP contribution in [0, 0.1) is 35.5 Å². The molecule has 18 heteroatoms. The fourth-order valence-electron chi connectivity index (χ4n) is 11.0. The van der Waals surface area contributed by atoms with Gasteiger partial charge < -0.3 is 64.3 Å². The Morgan fingerprint density at radius 3 is 2.19 bits per heavy atom. The summed E-state index contributed by atoms with van der Waals surface area (Å²) in [5.41, 5.74) is 0.961. The van der Waals surface area contributed by atoms with Crippen LogP contribution in [0.5, 0.6) is 0 Å². The number of ketones is 3. The van der Waals surface area contributed by atoms with E-state index in [-0.39, 0.29) is 68.2 Å². The number of rotatable bonds is 12. The summed E-state index contributed by atoms with van der Waals surface area (Å²) in [4.78, 5) is 72.6. The first-order valence-corrected chi connectivity index (χ1v) is 27.4. The van der Waals surface area contributed by atoms with Gasteiger partial charge in [0, 0.05) is 51.4 Å². The molecule has 7 N–H and O–H groups in total. The van der Waals surface area contributed by atoms with Gasteiger partial charge in [-0.05, 0) is 113 Å². The van der Waals surface area contributed by atoms with Gasteiger partial charge in [-0.1, -0.05) is 78.0 Å². The highest BCUT2D eigenvalue weighted by Crippen LogP contribution is 2.38. The zero-order valence-electron chi connectivity index (χ0n) is 46.1. The van der Waals surface area contributed by atoms with E-state index in [1.165, 1.54) is 7.11 Å². The lowest BCUT2D eigenvalue weighted by Gasteiger charge is -2.43. The van der Waals surface area contributed by atoms with E-state index in [2.05, 4.69) is 0 Å². The summed E-state index contributed by atoms with van der Waals surface area (Å²) in [6, 6.07) is -1.23. The van der Waals surface area contributed by atoms with E-state index < -0.39 is 121 Å². The SMILES string of the molecule is CCC(O)C(O)C(O)C(O)CO[C@@H]1C[C@@H]2CC[C@@H](C)[C@@](O)(O2)C(=O)C(=O)N2CCCC[C@H]2C(=O)O[C@H]([C@H](C)C[C@@H]2CC[C@@H](O)[C@H](OC)C2)CC(=O)[C@H](C)/C=C(\C)[C@@H](O)[C@@H](OC)C(=O)[C@H](C)C[C@H](C)/C=C/C=C/C=C/1C. The predicted molar refractivity (Wildman–Crippen MR) is 278 cm³/mol. The van der Waals surface area contributed by atoms with Crippen LogP contribution >= 0.6 is 0 Å². The molecule has 0 aromatic carbocycles. The number of fused-ring (bicyclic) bond motifs is 3. The van der Waals surface area contributed by atoms with Gasteiger partial charge in [0.15, 0.2) is 5.78 Å². The lowest BCUT2D eigenvalue weighted by molar-refractivity contribution is -0.266. The number of piperidine rings is 1. The number of amides is 1. The predicted octanol–water partition coefficient (Wildman–Crippen LogP) is 4.40. The molecule has 1 aliphatic carbocycles. The minimum Gasteiger partial charge on any atom is -0.460 e. The van der Waals surface area contributed by atoms with E-state index >= 15 is 0 Å². The summed E-state index contributed by atoms with van der Waals surface area (Å²) in [5, 5.41) is 76.2. The van der Waals surface area contributed by atoms with Gasteiger partial charge >= 0.3 is 5.97 Å². The zero-order chi connectivity index (χ0) is 55.9. The van der Waals surface area contributed by atoms with Crippen LogP contribution in [0.4, 0.5) is 0 Å². The number of carbonyl (C=O) groups is 5. The molecule has 2 bridgehead atoms. The van der Waals surface area contributed by atoms with Gasteiger partial charge in [0.2, 0.25) is 5.79 Å². The smallest absolute Gasteiger partial charge is 0.329 e. The average molecular weight is 1060 g/mol. The molecule has 0 spiro atoms. The number of Topliss-reactive ketones (excluding diaryl/α,β-unsaturated/α-hetero) is 3. The van der Waals surface area contributed by atoms with Gasteiger partial charge in [-0.2, -0.15) is 0 Å². The van der Waals surface area contributed by atoms with E-state index in [1.807, 2.05) is 26.0 Å². The molecule has 18 nitrogen and oxygen atoms in total. The Bertz CT molecular complexity index is 2000.